The maximum atomic E-state index is 11.8. The highest BCUT2D eigenvalue weighted by molar-refractivity contribution is 5.70. The number of aromatic nitrogens is 2. The summed E-state index contributed by atoms with van der Waals surface area (Å²) in [5.41, 5.74) is 1.13. The Hall–Kier alpha value is -2.10. The lowest BCUT2D eigenvalue weighted by Crippen LogP contribution is -2.16. The Morgan fingerprint density at radius 3 is 2.62 bits per heavy atom. The molecule has 112 valence electrons. The second-order valence-corrected chi connectivity index (χ2v) is 6.36. The average molecular weight is 286 g/mol. The zero-order valence-corrected chi connectivity index (χ0v) is 12.9. The van der Waals surface area contributed by atoms with E-state index in [1.165, 1.54) is 5.56 Å². The molecule has 0 unspecified atom stereocenters. The average Bonchev–Trinajstić information content (AvgIpc) is 2.83. The minimum atomic E-state index is -0.184. The maximum absolute atomic E-state index is 11.8. The van der Waals surface area contributed by atoms with Gasteiger partial charge in [-0.3, -0.25) is 4.79 Å². The zero-order chi connectivity index (χ0) is 15.3. The van der Waals surface area contributed by atoms with E-state index in [1.807, 2.05) is 49.7 Å². The van der Waals surface area contributed by atoms with Crippen molar-refractivity contribution in [2.24, 2.45) is 5.41 Å². The van der Waals surface area contributed by atoms with E-state index in [4.69, 9.17) is 4.74 Å². The summed E-state index contributed by atoms with van der Waals surface area (Å²) in [7, 11) is 0. The van der Waals surface area contributed by atoms with Gasteiger partial charge in [-0.1, -0.05) is 51.1 Å². The summed E-state index contributed by atoms with van der Waals surface area (Å²) in [5, 5.41) is 0. The molecule has 1 heterocycles. The second-order valence-electron chi connectivity index (χ2n) is 6.36. The lowest BCUT2D eigenvalue weighted by molar-refractivity contribution is -0.147. The molecule has 0 bridgehead atoms. The standard InChI is InChI=1S/C17H22N2O2/c1-17(2,3)11-16(20)21-13-15-18-9-10-19(15)12-14-7-5-4-6-8-14/h4-10H,11-13H2,1-3H3. The molecule has 0 saturated heterocycles. The largest absolute Gasteiger partial charge is 0.457 e. The van der Waals surface area contributed by atoms with Crippen molar-refractivity contribution < 1.29 is 9.53 Å². The van der Waals surface area contributed by atoms with Gasteiger partial charge in [-0.05, 0) is 11.0 Å². The topological polar surface area (TPSA) is 44.1 Å². The fourth-order valence-electron chi connectivity index (χ4n) is 2.03. The minimum absolute atomic E-state index is 0.0590. The number of esters is 1. The smallest absolute Gasteiger partial charge is 0.306 e. The monoisotopic (exact) mass is 286 g/mol. The van der Waals surface area contributed by atoms with Gasteiger partial charge >= 0.3 is 5.97 Å². The third kappa shape index (κ3) is 5.06. The quantitative estimate of drug-likeness (QED) is 0.791. The van der Waals surface area contributed by atoms with Gasteiger partial charge in [0, 0.05) is 18.9 Å². The number of carbonyl (C=O) groups is 1. The molecule has 0 aliphatic heterocycles. The molecule has 0 aliphatic carbocycles. The predicted octanol–water partition coefficient (Wildman–Crippen LogP) is 3.41. The van der Waals surface area contributed by atoms with E-state index in [2.05, 4.69) is 17.1 Å². The fourth-order valence-corrected chi connectivity index (χ4v) is 2.03. The fraction of sp³-hybridized carbons (Fsp3) is 0.412. The Labute approximate surface area is 125 Å². The van der Waals surface area contributed by atoms with Crippen LogP contribution < -0.4 is 0 Å². The first-order valence-electron chi connectivity index (χ1n) is 7.13. The number of rotatable bonds is 5. The molecule has 0 aliphatic rings. The summed E-state index contributed by atoms with van der Waals surface area (Å²) in [4.78, 5) is 16.0. The Morgan fingerprint density at radius 2 is 1.95 bits per heavy atom. The number of nitrogens with zero attached hydrogens (tertiary/aromatic N) is 2. The van der Waals surface area contributed by atoms with Crippen LogP contribution in [0.25, 0.3) is 0 Å². The van der Waals surface area contributed by atoms with Crippen molar-refractivity contribution in [1.29, 1.82) is 0 Å². The lowest BCUT2D eigenvalue weighted by atomic mass is 9.93. The number of hydrogen-bond donors (Lipinski definition) is 0. The summed E-state index contributed by atoms with van der Waals surface area (Å²) >= 11 is 0. The first-order chi connectivity index (χ1) is 9.94. The first-order valence-corrected chi connectivity index (χ1v) is 7.13. The van der Waals surface area contributed by atoms with Gasteiger partial charge < -0.3 is 9.30 Å². The van der Waals surface area contributed by atoms with Gasteiger partial charge in [0.1, 0.15) is 12.4 Å². The van der Waals surface area contributed by atoms with Crippen LogP contribution in [0.2, 0.25) is 0 Å². The van der Waals surface area contributed by atoms with Gasteiger partial charge in [0.2, 0.25) is 0 Å². The molecule has 0 atom stereocenters. The van der Waals surface area contributed by atoms with E-state index < -0.39 is 0 Å². The highest BCUT2D eigenvalue weighted by Gasteiger charge is 2.17. The van der Waals surface area contributed by atoms with Crippen molar-refractivity contribution in [3.05, 3.63) is 54.1 Å². The van der Waals surface area contributed by atoms with Crippen molar-refractivity contribution in [1.82, 2.24) is 9.55 Å². The number of benzene rings is 1. The van der Waals surface area contributed by atoms with E-state index in [0.29, 0.717) is 6.42 Å². The van der Waals surface area contributed by atoms with Gasteiger partial charge in [0.05, 0.1) is 6.42 Å². The SMILES string of the molecule is CC(C)(C)CC(=O)OCc1nccn1Cc1ccccc1. The van der Waals surface area contributed by atoms with Crippen LogP contribution in [0, 0.1) is 5.41 Å². The van der Waals surface area contributed by atoms with E-state index in [1.54, 1.807) is 6.20 Å². The molecule has 4 heteroatoms. The third-order valence-electron chi connectivity index (χ3n) is 3.03. The minimum Gasteiger partial charge on any atom is -0.457 e. The van der Waals surface area contributed by atoms with Crippen molar-refractivity contribution in [2.75, 3.05) is 0 Å². The molecule has 0 radical (unpaired) electrons. The van der Waals surface area contributed by atoms with Crippen molar-refractivity contribution in [2.45, 2.75) is 40.3 Å². The highest BCUT2D eigenvalue weighted by Crippen LogP contribution is 2.19. The molecule has 0 saturated carbocycles. The van der Waals surface area contributed by atoms with Crippen LogP contribution >= 0.6 is 0 Å². The summed E-state index contributed by atoms with van der Waals surface area (Å²) < 4.78 is 7.32. The number of hydrogen-bond acceptors (Lipinski definition) is 3. The molecule has 2 rings (SSSR count). The normalized spacial score (nSPS) is 11.4. The van der Waals surface area contributed by atoms with Crippen LogP contribution in [0.3, 0.4) is 0 Å². The lowest BCUT2D eigenvalue weighted by Gasteiger charge is -2.16. The summed E-state index contributed by atoms with van der Waals surface area (Å²) in [6, 6.07) is 10.1. The van der Waals surface area contributed by atoms with Crippen LogP contribution in [0.4, 0.5) is 0 Å². The Morgan fingerprint density at radius 1 is 1.24 bits per heavy atom. The Bertz CT molecular complexity index is 582. The molecule has 0 fully saturated rings. The summed E-state index contributed by atoms with van der Waals surface area (Å²) in [6.07, 6.45) is 4.04. The number of ether oxygens (including phenoxy) is 1. The molecular formula is C17H22N2O2. The van der Waals surface area contributed by atoms with Crippen LogP contribution in [0.15, 0.2) is 42.7 Å². The molecule has 1 aromatic heterocycles. The van der Waals surface area contributed by atoms with Crippen molar-refractivity contribution in [3.8, 4) is 0 Å². The molecule has 0 amide bonds. The van der Waals surface area contributed by atoms with E-state index in [0.717, 1.165) is 12.4 Å². The van der Waals surface area contributed by atoms with Crippen LogP contribution in [-0.2, 0) is 22.7 Å². The Balaban J connectivity index is 1.93. The van der Waals surface area contributed by atoms with Gasteiger partial charge in [0.25, 0.3) is 0 Å². The van der Waals surface area contributed by atoms with Gasteiger partial charge in [-0.2, -0.15) is 0 Å². The molecule has 2 aromatic rings. The number of imidazole rings is 1. The van der Waals surface area contributed by atoms with Crippen molar-refractivity contribution in [3.63, 3.8) is 0 Å². The molecule has 4 nitrogen and oxygen atoms in total. The molecular weight excluding hydrogens is 264 g/mol. The van der Waals surface area contributed by atoms with Gasteiger partial charge in [-0.25, -0.2) is 4.98 Å². The second kappa shape index (κ2) is 6.57. The molecule has 21 heavy (non-hydrogen) atoms. The maximum Gasteiger partial charge on any atom is 0.306 e. The van der Waals surface area contributed by atoms with Crippen molar-refractivity contribution >= 4 is 5.97 Å². The van der Waals surface area contributed by atoms with Crippen LogP contribution in [0.1, 0.15) is 38.6 Å². The van der Waals surface area contributed by atoms with Crippen LogP contribution in [-0.4, -0.2) is 15.5 Å². The first kappa shape index (κ1) is 15.3. The van der Waals surface area contributed by atoms with Gasteiger partial charge in [-0.15, -0.1) is 0 Å². The molecule has 0 spiro atoms. The van der Waals surface area contributed by atoms with E-state index in [9.17, 15) is 4.79 Å². The molecule has 0 N–H and O–H groups in total. The number of carbonyl (C=O) groups excluding carboxylic acids is 1. The van der Waals surface area contributed by atoms with Gasteiger partial charge in [0.15, 0.2) is 0 Å². The Kier molecular flexibility index (Phi) is 4.78. The van der Waals surface area contributed by atoms with Crippen LogP contribution in [0.5, 0.6) is 0 Å². The zero-order valence-electron chi connectivity index (χ0n) is 12.9. The predicted molar refractivity (Wildman–Crippen MR) is 81.6 cm³/mol. The summed E-state index contributed by atoms with van der Waals surface area (Å²) in [5.74, 6) is 0.581. The molecule has 1 aromatic carbocycles. The third-order valence-corrected chi connectivity index (χ3v) is 3.03. The van der Waals surface area contributed by atoms with E-state index in [-0.39, 0.29) is 18.0 Å². The highest BCUT2D eigenvalue weighted by atomic mass is 16.5. The van der Waals surface area contributed by atoms with E-state index >= 15 is 0 Å². The summed E-state index contributed by atoms with van der Waals surface area (Å²) in [6.45, 7) is 7.00.